The van der Waals surface area contributed by atoms with Crippen LogP contribution in [0.2, 0.25) is 0 Å². The van der Waals surface area contributed by atoms with E-state index in [1.54, 1.807) is 44.8 Å². The third-order valence-corrected chi connectivity index (χ3v) is 6.37. The molecule has 0 amide bonds. The molecule has 0 saturated heterocycles. The van der Waals surface area contributed by atoms with E-state index in [4.69, 9.17) is 19.9 Å². The number of benzene rings is 1. The van der Waals surface area contributed by atoms with Gasteiger partial charge in [0, 0.05) is 21.5 Å². The lowest BCUT2D eigenvalue weighted by Crippen LogP contribution is -2.13. The van der Waals surface area contributed by atoms with Crippen LogP contribution in [0.15, 0.2) is 26.5 Å². The van der Waals surface area contributed by atoms with Crippen LogP contribution >= 0.6 is 43.2 Å². The van der Waals surface area contributed by atoms with Crippen LogP contribution in [0.25, 0.3) is 0 Å². The molecule has 1 atom stereocenters. The first-order valence-corrected chi connectivity index (χ1v) is 8.42. The molecule has 2 N–H and O–H groups in total. The number of thiophene rings is 1. The Bertz CT molecular complexity index is 601. The first-order valence-electron chi connectivity index (χ1n) is 6.02. The van der Waals surface area contributed by atoms with Crippen LogP contribution in [-0.2, 0) is 0 Å². The van der Waals surface area contributed by atoms with Crippen LogP contribution < -0.4 is 19.9 Å². The van der Waals surface area contributed by atoms with Crippen molar-refractivity contribution in [2.45, 2.75) is 6.04 Å². The molecule has 2 aromatic rings. The van der Waals surface area contributed by atoms with Crippen LogP contribution in [0.3, 0.4) is 0 Å². The summed E-state index contributed by atoms with van der Waals surface area (Å²) in [6.07, 6.45) is 0. The maximum atomic E-state index is 6.41. The van der Waals surface area contributed by atoms with Gasteiger partial charge >= 0.3 is 0 Å². The molecule has 21 heavy (non-hydrogen) atoms. The molecule has 0 spiro atoms. The second kappa shape index (κ2) is 7.00. The van der Waals surface area contributed by atoms with E-state index in [9.17, 15) is 0 Å². The Balaban J connectivity index is 2.55. The second-order valence-electron chi connectivity index (χ2n) is 4.19. The molecule has 114 valence electrons. The summed E-state index contributed by atoms with van der Waals surface area (Å²) in [6.45, 7) is 0. The summed E-state index contributed by atoms with van der Waals surface area (Å²) in [7, 11) is 4.80. The van der Waals surface area contributed by atoms with Gasteiger partial charge in [-0.15, -0.1) is 11.3 Å². The Labute approximate surface area is 144 Å². The highest BCUT2D eigenvalue weighted by atomic mass is 79.9. The predicted octanol–water partition coefficient (Wildman–Crippen LogP) is 4.35. The maximum Gasteiger partial charge on any atom is 0.131 e. The van der Waals surface area contributed by atoms with Crippen molar-refractivity contribution in [1.29, 1.82) is 0 Å². The molecule has 2 rings (SSSR count). The minimum atomic E-state index is -0.353. The number of halogens is 2. The Morgan fingerprint density at radius 3 is 1.95 bits per heavy atom. The van der Waals surface area contributed by atoms with Crippen LogP contribution in [-0.4, -0.2) is 21.3 Å². The molecule has 1 unspecified atom stereocenters. The van der Waals surface area contributed by atoms with Crippen molar-refractivity contribution in [1.82, 2.24) is 0 Å². The van der Waals surface area contributed by atoms with Gasteiger partial charge in [-0.1, -0.05) is 0 Å². The van der Waals surface area contributed by atoms with Crippen molar-refractivity contribution >= 4 is 43.2 Å². The Morgan fingerprint density at radius 2 is 1.57 bits per heavy atom. The van der Waals surface area contributed by atoms with Gasteiger partial charge in [0.25, 0.3) is 0 Å². The fourth-order valence-corrected chi connectivity index (χ4v) is 4.10. The van der Waals surface area contributed by atoms with E-state index in [1.807, 2.05) is 6.07 Å². The standard InChI is InChI=1S/C14H15Br2NO3S/c1-18-7-4-9(19-2)12(10(5-7)20-3)13(17)11-6-8(15)14(16)21-11/h4-6,13H,17H2,1-3H3. The molecule has 0 fully saturated rings. The van der Waals surface area contributed by atoms with E-state index in [0.717, 1.165) is 18.7 Å². The Hall–Kier alpha value is -0.760. The van der Waals surface area contributed by atoms with Crippen LogP contribution in [0.1, 0.15) is 16.5 Å². The lowest BCUT2D eigenvalue weighted by molar-refractivity contribution is 0.367. The average molecular weight is 437 g/mol. The quantitative estimate of drug-likeness (QED) is 0.756. The molecule has 1 aromatic carbocycles. The molecule has 7 heteroatoms. The minimum absolute atomic E-state index is 0.353. The Kier molecular flexibility index (Phi) is 5.54. The Morgan fingerprint density at radius 1 is 1.00 bits per heavy atom. The van der Waals surface area contributed by atoms with Gasteiger partial charge in [-0.2, -0.15) is 0 Å². The smallest absolute Gasteiger partial charge is 0.131 e. The summed E-state index contributed by atoms with van der Waals surface area (Å²) in [4.78, 5) is 0.996. The summed E-state index contributed by atoms with van der Waals surface area (Å²) in [6, 6.07) is 5.24. The average Bonchev–Trinajstić information content (AvgIpc) is 2.84. The fourth-order valence-electron chi connectivity index (χ4n) is 2.00. The topological polar surface area (TPSA) is 53.7 Å². The summed E-state index contributed by atoms with van der Waals surface area (Å²) < 4.78 is 18.1. The van der Waals surface area contributed by atoms with Gasteiger partial charge in [-0.25, -0.2) is 0 Å². The largest absolute Gasteiger partial charge is 0.496 e. The third kappa shape index (κ3) is 3.36. The number of nitrogens with two attached hydrogens (primary N) is 1. The van der Waals surface area contributed by atoms with Gasteiger partial charge in [-0.3, -0.25) is 0 Å². The molecule has 0 aliphatic rings. The van der Waals surface area contributed by atoms with Crippen LogP contribution in [0.4, 0.5) is 0 Å². The van der Waals surface area contributed by atoms with Crippen LogP contribution in [0, 0.1) is 0 Å². The molecule has 0 saturated carbocycles. The van der Waals surface area contributed by atoms with Crippen molar-refractivity contribution in [2.24, 2.45) is 5.73 Å². The summed E-state index contributed by atoms with van der Waals surface area (Å²) in [5.74, 6) is 1.94. The fraction of sp³-hybridized carbons (Fsp3) is 0.286. The molecule has 0 aliphatic heterocycles. The monoisotopic (exact) mass is 435 g/mol. The predicted molar refractivity (Wildman–Crippen MR) is 91.8 cm³/mol. The van der Waals surface area contributed by atoms with Gasteiger partial charge in [0.15, 0.2) is 0 Å². The normalized spacial score (nSPS) is 12.1. The van der Waals surface area contributed by atoms with Crippen LogP contribution in [0.5, 0.6) is 17.2 Å². The highest BCUT2D eigenvalue weighted by molar-refractivity contribution is 9.13. The summed E-state index contributed by atoms with van der Waals surface area (Å²) >= 11 is 8.53. The number of hydrogen-bond acceptors (Lipinski definition) is 5. The van der Waals surface area contributed by atoms with Crippen molar-refractivity contribution in [3.05, 3.63) is 36.9 Å². The van der Waals surface area contributed by atoms with Crippen molar-refractivity contribution in [3.63, 3.8) is 0 Å². The zero-order chi connectivity index (χ0) is 15.6. The molecule has 0 radical (unpaired) electrons. The van der Waals surface area contributed by atoms with Crippen molar-refractivity contribution in [3.8, 4) is 17.2 Å². The van der Waals surface area contributed by atoms with E-state index in [0.29, 0.717) is 17.2 Å². The lowest BCUT2D eigenvalue weighted by Gasteiger charge is -2.19. The number of hydrogen-bond donors (Lipinski definition) is 1. The van der Waals surface area contributed by atoms with E-state index in [-0.39, 0.29) is 6.04 Å². The third-order valence-electron chi connectivity index (χ3n) is 3.03. The maximum absolute atomic E-state index is 6.41. The zero-order valence-electron chi connectivity index (χ0n) is 11.8. The van der Waals surface area contributed by atoms with Crippen molar-refractivity contribution in [2.75, 3.05) is 21.3 Å². The van der Waals surface area contributed by atoms with E-state index >= 15 is 0 Å². The first kappa shape index (κ1) is 16.6. The molecule has 1 heterocycles. The number of ether oxygens (including phenoxy) is 3. The van der Waals surface area contributed by atoms with Crippen molar-refractivity contribution < 1.29 is 14.2 Å². The van der Waals surface area contributed by atoms with E-state index in [1.165, 1.54) is 0 Å². The van der Waals surface area contributed by atoms with Gasteiger partial charge in [0.1, 0.15) is 17.2 Å². The van der Waals surface area contributed by atoms with Gasteiger partial charge < -0.3 is 19.9 Å². The van der Waals surface area contributed by atoms with Gasteiger partial charge in [0.05, 0.1) is 36.7 Å². The lowest BCUT2D eigenvalue weighted by atomic mass is 10.0. The highest BCUT2D eigenvalue weighted by Crippen LogP contribution is 2.43. The minimum Gasteiger partial charge on any atom is -0.496 e. The summed E-state index contributed by atoms with van der Waals surface area (Å²) in [5, 5.41) is 0. The molecular weight excluding hydrogens is 422 g/mol. The molecule has 0 aliphatic carbocycles. The molecule has 1 aromatic heterocycles. The highest BCUT2D eigenvalue weighted by Gasteiger charge is 2.23. The van der Waals surface area contributed by atoms with E-state index in [2.05, 4.69) is 31.9 Å². The molecule has 4 nitrogen and oxygen atoms in total. The molecular formula is C14H15Br2NO3S. The first-order chi connectivity index (χ1) is 10.0. The SMILES string of the molecule is COc1cc(OC)c(C(N)c2cc(Br)c(Br)s2)c(OC)c1. The molecule has 0 bridgehead atoms. The number of rotatable bonds is 5. The zero-order valence-corrected chi connectivity index (χ0v) is 15.8. The van der Waals surface area contributed by atoms with Gasteiger partial charge in [-0.05, 0) is 37.9 Å². The van der Waals surface area contributed by atoms with Gasteiger partial charge in [0.2, 0.25) is 0 Å². The second-order valence-corrected chi connectivity index (χ2v) is 7.45. The number of methoxy groups -OCH3 is 3. The summed E-state index contributed by atoms with van der Waals surface area (Å²) in [5.41, 5.74) is 7.20. The van der Waals surface area contributed by atoms with E-state index < -0.39 is 0 Å².